The van der Waals surface area contributed by atoms with Crippen LogP contribution in [0.1, 0.15) is 37.7 Å². The van der Waals surface area contributed by atoms with Crippen molar-refractivity contribution in [3.8, 4) is 5.69 Å². The first-order chi connectivity index (χ1) is 11.7. The topological polar surface area (TPSA) is 72.7 Å². The highest BCUT2D eigenvalue weighted by Gasteiger charge is 2.15. The minimum absolute atomic E-state index is 0.0454. The van der Waals surface area contributed by atoms with Crippen molar-refractivity contribution in [2.24, 2.45) is 5.92 Å². The van der Waals surface area contributed by atoms with Gasteiger partial charge in [-0.2, -0.15) is 4.68 Å². The lowest BCUT2D eigenvalue weighted by atomic mass is 9.89. The lowest BCUT2D eigenvalue weighted by molar-refractivity contribution is -0.118. The molecule has 1 N–H and O–H groups in total. The molecule has 1 saturated carbocycles. The molecule has 0 unspecified atom stereocenters. The third kappa shape index (κ3) is 4.56. The molecule has 0 aliphatic heterocycles. The standard InChI is InChI=1S/C17H23N5OS/c1-13-7-9-15(10-8-13)22-17(19-20-21-22)24-12-16(23)18-11-14-5-3-2-4-6-14/h7-10,14H,2-6,11-12H2,1H3,(H,18,23). The van der Waals surface area contributed by atoms with E-state index in [1.807, 2.05) is 31.2 Å². The van der Waals surface area contributed by atoms with E-state index in [2.05, 4.69) is 20.8 Å². The van der Waals surface area contributed by atoms with Gasteiger partial charge in [-0.15, -0.1) is 5.10 Å². The van der Waals surface area contributed by atoms with Gasteiger partial charge in [-0.25, -0.2) is 0 Å². The van der Waals surface area contributed by atoms with E-state index in [0.29, 0.717) is 16.8 Å². The molecule has 0 atom stereocenters. The van der Waals surface area contributed by atoms with Crippen LogP contribution in [0.5, 0.6) is 0 Å². The molecule has 24 heavy (non-hydrogen) atoms. The van der Waals surface area contributed by atoms with Gasteiger partial charge in [-0.05, 0) is 48.2 Å². The van der Waals surface area contributed by atoms with Gasteiger partial charge >= 0.3 is 0 Å². The molecule has 1 amide bonds. The van der Waals surface area contributed by atoms with Gasteiger partial charge in [-0.3, -0.25) is 4.79 Å². The number of carbonyl (C=O) groups is 1. The van der Waals surface area contributed by atoms with Crippen LogP contribution in [0.25, 0.3) is 5.69 Å². The number of aromatic nitrogens is 4. The Morgan fingerprint density at radius 3 is 2.75 bits per heavy atom. The second-order valence-corrected chi connectivity index (χ2v) is 7.25. The Labute approximate surface area is 146 Å². The van der Waals surface area contributed by atoms with Crippen molar-refractivity contribution < 1.29 is 4.79 Å². The van der Waals surface area contributed by atoms with Gasteiger partial charge in [0.25, 0.3) is 0 Å². The Morgan fingerprint density at radius 2 is 2.00 bits per heavy atom. The fourth-order valence-corrected chi connectivity index (χ4v) is 3.67. The Bertz CT molecular complexity index is 664. The van der Waals surface area contributed by atoms with Crippen molar-refractivity contribution in [2.45, 2.75) is 44.2 Å². The van der Waals surface area contributed by atoms with Gasteiger partial charge in [-0.1, -0.05) is 48.7 Å². The van der Waals surface area contributed by atoms with E-state index in [9.17, 15) is 4.79 Å². The van der Waals surface area contributed by atoms with Crippen LogP contribution in [0.15, 0.2) is 29.4 Å². The second kappa shape index (κ2) is 8.28. The highest BCUT2D eigenvalue weighted by molar-refractivity contribution is 7.99. The van der Waals surface area contributed by atoms with Gasteiger partial charge in [0.2, 0.25) is 11.1 Å². The summed E-state index contributed by atoms with van der Waals surface area (Å²) in [6, 6.07) is 7.97. The third-order valence-electron chi connectivity index (χ3n) is 4.36. The number of nitrogens with one attached hydrogen (secondary N) is 1. The van der Waals surface area contributed by atoms with E-state index in [1.54, 1.807) is 4.68 Å². The van der Waals surface area contributed by atoms with Crippen molar-refractivity contribution in [2.75, 3.05) is 12.3 Å². The lowest BCUT2D eigenvalue weighted by Gasteiger charge is -2.21. The SMILES string of the molecule is Cc1ccc(-n2nnnc2SCC(=O)NCC2CCCCC2)cc1. The zero-order valence-electron chi connectivity index (χ0n) is 13.9. The highest BCUT2D eigenvalue weighted by atomic mass is 32.2. The average molecular weight is 345 g/mol. The summed E-state index contributed by atoms with van der Waals surface area (Å²) in [6.45, 7) is 2.83. The molecule has 2 aromatic rings. The van der Waals surface area contributed by atoms with E-state index in [1.165, 1.54) is 49.4 Å². The third-order valence-corrected chi connectivity index (χ3v) is 5.28. The maximum atomic E-state index is 12.1. The lowest BCUT2D eigenvalue weighted by Crippen LogP contribution is -2.31. The van der Waals surface area contributed by atoms with Crippen molar-refractivity contribution in [1.82, 2.24) is 25.5 Å². The van der Waals surface area contributed by atoms with E-state index in [4.69, 9.17) is 0 Å². The monoisotopic (exact) mass is 345 g/mol. The number of hydrogen-bond acceptors (Lipinski definition) is 5. The van der Waals surface area contributed by atoms with Crippen LogP contribution in [-0.4, -0.2) is 38.4 Å². The molecule has 0 bridgehead atoms. The van der Waals surface area contributed by atoms with Crippen LogP contribution < -0.4 is 5.32 Å². The summed E-state index contributed by atoms with van der Waals surface area (Å²) >= 11 is 1.36. The number of hydrogen-bond donors (Lipinski definition) is 1. The molecule has 1 heterocycles. The first-order valence-electron chi connectivity index (χ1n) is 8.47. The minimum Gasteiger partial charge on any atom is -0.355 e. The van der Waals surface area contributed by atoms with Crippen LogP contribution in [0, 0.1) is 12.8 Å². The summed E-state index contributed by atoms with van der Waals surface area (Å²) in [7, 11) is 0. The number of thioether (sulfide) groups is 1. The van der Waals surface area contributed by atoms with Crippen molar-refractivity contribution in [3.05, 3.63) is 29.8 Å². The summed E-state index contributed by atoms with van der Waals surface area (Å²) in [4.78, 5) is 12.1. The van der Waals surface area contributed by atoms with Gasteiger partial charge < -0.3 is 5.32 Å². The molecule has 1 aromatic carbocycles. The van der Waals surface area contributed by atoms with Gasteiger partial charge in [0.1, 0.15) is 0 Å². The summed E-state index contributed by atoms with van der Waals surface area (Å²) in [5, 5.41) is 15.4. The predicted molar refractivity (Wildman–Crippen MR) is 94.2 cm³/mol. The maximum Gasteiger partial charge on any atom is 0.230 e. The Kier molecular flexibility index (Phi) is 5.85. The molecule has 6 nitrogen and oxygen atoms in total. The Morgan fingerprint density at radius 1 is 1.25 bits per heavy atom. The van der Waals surface area contributed by atoms with E-state index < -0.39 is 0 Å². The number of benzene rings is 1. The maximum absolute atomic E-state index is 12.1. The molecule has 7 heteroatoms. The van der Waals surface area contributed by atoms with Crippen molar-refractivity contribution >= 4 is 17.7 Å². The summed E-state index contributed by atoms with van der Waals surface area (Å²) < 4.78 is 1.67. The quantitative estimate of drug-likeness (QED) is 0.815. The van der Waals surface area contributed by atoms with Gasteiger partial charge in [0, 0.05) is 6.54 Å². The second-order valence-electron chi connectivity index (χ2n) is 6.31. The molecular weight excluding hydrogens is 322 g/mol. The predicted octanol–water partition coefficient (Wildman–Crippen LogP) is 2.76. The summed E-state index contributed by atoms with van der Waals surface area (Å²) in [5.74, 6) is 1.02. The Hall–Kier alpha value is -1.89. The molecule has 0 radical (unpaired) electrons. The number of rotatable bonds is 6. The molecule has 1 aliphatic rings. The summed E-state index contributed by atoms with van der Waals surface area (Å²) in [5.41, 5.74) is 2.08. The molecule has 3 rings (SSSR count). The highest BCUT2D eigenvalue weighted by Crippen LogP contribution is 2.23. The number of tetrazole rings is 1. The molecule has 128 valence electrons. The number of nitrogens with zero attached hydrogens (tertiary/aromatic N) is 4. The van der Waals surface area contributed by atoms with Crippen LogP contribution >= 0.6 is 11.8 Å². The molecular formula is C17H23N5OS. The number of carbonyl (C=O) groups excluding carboxylic acids is 1. The largest absolute Gasteiger partial charge is 0.355 e. The molecule has 1 aliphatic carbocycles. The average Bonchev–Trinajstić information content (AvgIpc) is 3.08. The molecule has 0 spiro atoms. The molecule has 1 aromatic heterocycles. The summed E-state index contributed by atoms with van der Waals surface area (Å²) in [6.07, 6.45) is 6.39. The number of amides is 1. The first-order valence-corrected chi connectivity index (χ1v) is 9.46. The van der Waals surface area contributed by atoms with Crippen molar-refractivity contribution in [3.63, 3.8) is 0 Å². The Balaban J connectivity index is 1.50. The van der Waals surface area contributed by atoms with E-state index >= 15 is 0 Å². The fraction of sp³-hybridized carbons (Fsp3) is 0.529. The number of aryl methyl sites for hydroxylation is 1. The van der Waals surface area contributed by atoms with Crippen LogP contribution in [0.4, 0.5) is 0 Å². The molecule has 1 fully saturated rings. The van der Waals surface area contributed by atoms with E-state index in [-0.39, 0.29) is 5.91 Å². The minimum atomic E-state index is 0.0454. The first kappa shape index (κ1) is 17.0. The smallest absolute Gasteiger partial charge is 0.230 e. The van der Waals surface area contributed by atoms with Crippen LogP contribution in [-0.2, 0) is 4.79 Å². The van der Waals surface area contributed by atoms with Gasteiger partial charge in [0.15, 0.2) is 0 Å². The van der Waals surface area contributed by atoms with Crippen LogP contribution in [0.3, 0.4) is 0 Å². The van der Waals surface area contributed by atoms with Gasteiger partial charge in [0.05, 0.1) is 11.4 Å². The fourth-order valence-electron chi connectivity index (χ4n) is 2.95. The normalized spacial score (nSPS) is 15.4. The zero-order chi connectivity index (χ0) is 16.8. The molecule has 0 saturated heterocycles. The van der Waals surface area contributed by atoms with Crippen molar-refractivity contribution in [1.29, 1.82) is 0 Å². The zero-order valence-corrected chi connectivity index (χ0v) is 14.8. The van der Waals surface area contributed by atoms with Crippen LogP contribution in [0.2, 0.25) is 0 Å². The van der Waals surface area contributed by atoms with E-state index in [0.717, 1.165) is 12.2 Å².